The molecule has 0 heterocycles. The van der Waals surface area contributed by atoms with Gasteiger partial charge in [-0.15, -0.1) is 0 Å². The van der Waals surface area contributed by atoms with Crippen LogP contribution in [0.15, 0.2) is 11.6 Å². The van der Waals surface area contributed by atoms with Gasteiger partial charge in [-0.3, -0.25) is 0 Å². The van der Waals surface area contributed by atoms with Gasteiger partial charge in [-0.25, -0.2) is 4.79 Å². The van der Waals surface area contributed by atoms with E-state index in [0.717, 1.165) is 6.42 Å². The molecule has 16 heavy (non-hydrogen) atoms. The molecule has 1 rings (SSSR count). The third-order valence-corrected chi connectivity index (χ3v) is 3.21. The maximum atomic E-state index is 10.8. The summed E-state index contributed by atoms with van der Waals surface area (Å²) in [6, 6.07) is 0. The molecule has 92 valence electrons. The number of aliphatic hydroxyl groups is 1. The molecule has 0 aromatic heterocycles. The summed E-state index contributed by atoms with van der Waals surface area (Å²) < 4.78 is 0. The van der Waals surface area contributed by atoms with E-state index < -0.39 is 11.6 Å². The maximum absolute atomic E-state index is 10.8. The molecule has 2 atom stereocenters. The van der Waals surface area contributed by atoms with E-state index in [0.29, 0.717) is 18.8 Å². The minimum absolute atomic E-state index is 0.0711. The number of hydrogen-bond acceptors (Lipinski definition) is 2. The summed E-state index contributed by atoms with van der Waals surface area (Å²) in [5.41, 5.74) is -0.655. The Morgan fingerprint density at radius 3 is 2.38 bits per heavy atom. The lowest BCUT2D eigenvalue weighted by Gasteiger charge is -2.43. The van der Waals surface area contributed by atoms with Gasteiger partial charge in [0, 0.05) is 5.57 Å². The summed E-state index contributed by atoms with van der Waals surface area (Å²) >= 11 is 0. The summed E-state index contributed by atoms with van der Waals surface area (Å²) in [5, 5.41) is 19.3. The number of carboxylic acids is 1. The smallest absolute Gasteiger partial charge is 0.331 e. The van der Waals surface area contributed by atoms with Gasteiger partial charge in [0.25, 0.3) is 0 Å². The standard InChI is InChI=1S/C13H22O3/c1-9-5-12(3,4)8-13(16,6-9)7-10(2)11(14)15/h7,9,16H,5-6,8H2,1-4H3,(H,14,15). The van der Waals surface area contributed by atoms with E-state index in [1.165, 1.54) is 13.0 Å². The van der Waals surface area contributed by atoms with Gasteiger partial charge in [0.05, 0.1) is 5.60 Å². The molecule has 0 saturated heterocycles. The highest BCUT2D eigenvalue weighted by molar-refractivity contribution is 5.86. The zero-order chi connectivity index (χ0) is 12.6. The summed E-state index contributed by atoms with van der Waals surface area (Å²) in [5.74, 6) is -0.531. The Balaban J connectivity index is 2.92. The van der Waals surface area contributed by atoms with E-state index in [1.807, 2.05) is 0 Å². The van der Waals surface area contributed by atoms with Crippen molar-refractivity contribution >= 4 is 5.97 Å². The fourth-order valence-electron chi connectivity index (χ4n) is 3.17. The first-order valence-corrected chi connectivity index (χ1v) is 5.79. The summed E-state index contributed by atoms with van der Waals surface area (Å²) in [7, 11) is 0. The van der Waals surface area contributed by atoms with Crippen LogP contribution in [0.1, 0.15) is 47.0 Å². The lowest BCUT2D eigenvalue weighted by atomic mass is 9.65. The molecule has 1 saturated carbocycles. The normalized spacial score (nSPS) is 34.8. The second kappa shape index (κ2) is 4.21. The van der Waals surface area contributed by atoms with Gasteiger partial charge in [0.15, 0.2) is 0 Å². The molecular weight excluding hydrogens is 204 g/mol. The Morgan fingerprint density at radius 2 is 1.94 bits per heavy atom. The highest BCUT2D eigenvalue weighted by atomic mass is 16.4. The van der Waals surface area contributed by atoms with Crippen LogP contribution in [0.2, 0.25) is 0 Å². The Morgan fingerprint density at radius 1 is 1.38 bits per heavy atom. The van der Waals surface area contributed by atoms with Gasteiger partial charge >= 0.3 is 5.97 Å². The number of carbonyl (C=O) groups is 1. The Kier molecular flexibility index (Phi) is 3.48. The molecule has 0 aliphatic heterocycles. The number of carboxylic acid groups (broad SMARTS) is 1. The summed E-state index contributed by atoms with van der Waals surface area (Å²) in [6.45, 7) is 7.89. The van der Waals surface area contributed by atoms with Crippen molar-refractivity contribution in [2.75, 3.05) is 0 Å². The Hall–Kier alpha value is -0.830. The molecule has 2 unspecified atom stereocenters. The van der Waals surface area contributed by atoms with Crippen LogP contribution in [-0.2, 0) is 4.79 Å². The predicted octanol–water partition coefficient (Wildman–Crippen LogP) is 2.59. The van der Waals surface area contributed by atoms with Gasteiger partial charge in [0.2, 0.25) is 0 Å². The van der Waals surface area contributed by atoms with Crippen LogP contribution in [-0.4, -0.2) is 21.8 Å². The maximum Gasteiger partial charge on any atom is 0.331 e. The van der Waals surface area contributed by atoms with E-state index in [2.05, 4.69) is 20.8 Å². The van der Waals surface area contributed by atoms with E-state index in [1.54, 1.807) is 0 Å². The lowest BCUT2D eigenvalue weighted by Crippen LogP contribution is -2.41. The van der Waals surface area contributed by atoms with Crippen LogP contribution in [0.3, 0.4) is 0 Å². The SMILES string of the molecule is CC(=CC1(O)CC(C)CC(C)(C)C1)C(=O)O. The molecule has 0 aromatic rings. The minimum atomic E-state index is -0.955. The molecule has 0 radical (unpaired) electrons. The average Bonchev–Trinajstić information content (AvgIpc) is 1.96. The third-order valence-electron chi connectivity index (χ3n) is 3.21. The largest absolute Gasteiger partial charge is 0.478 e. The Bertz CT molecular complexity index is 317. The molecule has 0 amide bonds. The quantitative estimate of drug-likeness (QED) is 0.711. The van der Waals surface area contributed by atoms with Crippen LogP contribution in [0.4, 0.5) is 0 Å². The third kappa shape index (κ3) is 3.34. The van der Waals surface area contributed by atoms with Crippen molar-refractivity contribution in [2.45, 2.75) is 52.6 Å². The molecule has 1 aliphatic rings. The second-order valence-electron chi connectivity index (χ2n) is 6.09. The fourth-order valence-corrected chi connectivity index (χ4v) is 3.17. The van der Waals surface area contributed by atoms with Gasteiger partial charge in [-0.1, -0.05) is 20.8 Å². The van der Waals surface area contributed by atoms with Crippen LogP contribution in [0.25, 0.3) is 0 Å². The predicted molar refractivity (Wildman–Crippen MR) is 63.1 cm³/mol. The highest BCUT2D eigenvalue weighted by Crippen LogP contribution is 2.44. The fraction of sp³-hybridized carbons (Fsp3) is 0.769. The molecule has 3 nitrogen and oxygen atoms in total. The van der Waals surface area contributed by atoms with Crippen molar-refractivity contribution < 1.29 is 15.0 Å². The summed E-state index contributed by atoms with van der Waals surface area (Å²) in [6.07, 6.45) is 3.89. The van der Waals surface area contributed by atoms with E-state index in [9.17, 15) is 9.90 Å². The number of hydrogen-bond donors (Lipinski definition) is 2. The zero-order valence-corrected chi connectivity index (χ0v) is 10.6. The minimum Gasteiger partial charge on any atom is -0.478 e. The molecule has 0 spiro atoms. The second-order valence-corrected chi connectivity index (χ2v) is 6.09. The van der Waals surface area contributed by atoms with Crippen LogP contribution in [0.5, 0.6) is 0 Å². The van der Waals surface area contributed by atoms with Crippen LogP contribution >= 0.6 is 0 Å². The molecule has 2 N–H and O–H groups in total. The monoisotopic (exact) mass is 226 g/mol. The first kappa shape index (κ1) is 13.2. The molecule has 0 bridgehead atoms. The van der Waals surface area contributed by atoms with Crippen molar-refractivity contribution in [3.05, 3.63) is 11.6 Å². The van der Waals surface area contributed by atoms with Crippen LogP contribution in [0, 0.1) is 11.3 Å². The number of rotatable bonds is 2. The van der Waals surface area contributed by atoms with Crippen molar-refractivity contribution in [3.63, 3.8) is 0 Å². The lowest BCUT2D eigenvalue weighted by molar-refractivity contribution is -0.132. The average molecular weight is 226 g/mol. The van der Waals surface area contributed by atoms with Crippen molar-refractivity contribution in [2.24, 2.45) is 11.3 Å². The summed E-state index contributed by atoms with van der Waals surface area (Å²) in [4.78, 5) is 10.8. The first-order valence-electron chi connectivity index (χ1n) is 5.79. The van der Waals surface area contributed by atoms with E-state index >= 15 is 0 Å². The van der Waals surface area contributed by atoms with Gasteiger partial charge in [-0.05, 0) is 43.6 Å². The van der Waals surface area contributed by atoms with Gasteiger partial charge in [0.1, 0.15) is 0 Å². The molecular formula is C13H22O3. The van der Waals surface area contributed by atoms with Crippen molar-refractivity contribution in [3.8, 4) is 0 Å². The zero-order valence-electron chi connectivity index (χ0n) is 10.6. The van der Waals surface area contributed by atoms with E-state index in [-0.39, 0.29) is 11.0 Å². The van der Waals surface area contributed by atoms with Crippen LogP contribution < -0.4 is 0 Å². The molecule has 1 aliphatic carbocycles. The van der Waals surface area contributed by atoms with Crippen molar-refractivity contribution in [1.82, 2.24) is 0 Å². The van der Waals surface area contributed by atoms with Gasteiger partial charge in [-0.2, -0.15) is 0 Å². The highest BCUT2D eigenvalue weighted by Gasteiger charge is 2.40. The number of aliphatic carboxylic acids is 1. The molecule has 3 heteroatoms. The Labute approximate surface area is 97.2 Å². The molecule has 1 fully saturated rings. The van der Waals surface area contributed by atoms with E-state index in [4.69, 9.17) is 5.11 Å². The topological polar surface area (TPSA) is 57.5 Å². The molecule has 0 aromatic carbocycles. The van der Waals surface area contributed by atoms with Gasteiger partial charge < -0.3 is 10.2 Å². The first-order chi connectivity index (χ1) is 7.14. The van der Waals surface area contributed by atoms with Crippen molar-refractivity contribution in [1.29, 1.82) is 0 Å².